The summed E-state index contributed by atoms with van der Waals surface area (Å²) < 4.78 is 0. The van der Waals surface area contributed by atoms with Crippen LogP contribution in [-0.2, 0) is 15.2 Å². The molecule has 11 heteroatoms. The minimum atomic E-state index is -2.53. The number of aliphatic hydroxyl groups excluding tert-OH is 2. The quantitative estimate of drug-likeness (QED) is 0.168. The van der Waals surface area contributed by atoms with Crippen LogP contribution in [0.2, 0.25) is 5.02 Å². The first-order valence-corrected chi connectivity index (χ1v) is 9.89. The number of aliphatic hydroxyl groups is 4. The van der Waals surface area contributed by atoms with Gasteiger partial charge in [0.2, 0.25) is 0 Å². The van der Waals surface area contributed by atoms with Gasteiger partial charge in [-0.25, -0.2) is 0 Å². The summed E-state index contributed by atoms with van der Waals surface area (Å²) in [4.78, 5) is 37.3. The number of aromatic hydroxyl groups is 1. The van der Waals surface area contributed by atoms with Crippen LogP contribution in [0, 0.1) is 17.8 Å². The van der Waals surface area contributed by atoms with E-state index in [1.807, 2.05) is 0 Å². The summed E-state index contributed by atoms with van der Waals surface area (Å²) in [7, 11) is 0. The van der Waals surface area contributed by atoms with Crippen molar-refractivity contribution in [2.75, 3.05) is 5.73 Å². The van der Waals surface area contributed by atoms with Crippen LogP contribution in [0.25, 0.3) is 0 Å². The molecule has 0 heterocycles. The topological polar surface area (TPSA) is 204 Å². The molecule has 1 fully saturated rings. The maximum absolute atomic E-state index is 13.3. The Hall–Kier alpha value is -2.66. The van der Waals surface area contributed by atoms with Crippen LogP contribution in [0.1, 0.15) is 35.7 Å². The van der Waals surface area contributed by atoms with E-state index in [0.29, 0.717) is 0 Å². The molecule has 3 aliphatic carbocycles. The number of phenols is 1. The zero-order chi connectivity index (χ0) is 23.2. The molecular formula is C20H21ClN2O8. The van der Waals surface area contributed by atoms with Crippen molar-refractivity contribution in [3.05, 3.63) is 33.5 Å². The number of carbonyl (C=O) groups is 3. The number of ketones is 2. The Bertz CT molecular complexity index is 1100. The number of hydrogen-bond donors (Lipinski definition) is 7. The SMILES string of the molecule is C[C@]1(O)c2cc(Cl)c(N)c(O)c2C(=O)C2C(O)[C@]3(O)C(O)=C(C(N)=O)C(=O)CC3CC21. The van der Waals surface area contributed by atoms with Gasteiger partial charge in [-0.2, -0.15) is 0 Å². The number of hydrogen-bond acceptors (Lipinski definition) is 9. The highest BCUT2D eigenvalue weighted by molar-refractivity contribution is 6.34. The Morgan fingerprint density at radius 3 is 2.45 bits per heavy atom. The number of rotatable bonds is 1. The lowest BCUT2D eigenvalue weighted by atomic mass is 9.51. The molecule has 166 valence electrons. The van der Waals surface area contributed by atoms with Crippen molar-refractivity contribution in [1.82, 2.24) is 0 Å². The maximum atomic E-state index is 13.3. The number of nitrogen functional groups attached to an aromatic ring is 1. The largest absolute Gasteiger partial charge is 0.508 e. The highest BCUT2D eigenvalue weighted by Crippen LogP contribution is 2.58. The van der Waals surface area contributed by atoms with Crippen molar-refractivity contribution in [3.63, 3.8) is 0 Å². The molecule has 9 N–H and O–H groups in total. The van der Waals surface area contributed by atoms with E-state index in [-0.39, 0.29) is 28.3 Å². The Morgan fingerprint density at radius 2 is 1.87 bits per heavy atom. The van der Waals surface area contributed by atoms with Crippen LogP contribution in [0.15, 0.2) is 17.4 Å². The molecule has 4 unspecified atom stereocenters. The Morgan fingerprint density at radius 1 is 1.26 bits per heavy atom. The smallest absolute Gasteiger partial charge is 0.255 e. The van der Waals surface area contributed by atoms with Crippen molar-refractivity contribution in [3.8, 4) is 5.75 Å². The van der Waals surface area contributed by atoms with Crippen LogP contribution < -0.4 is 11.5 Å². The predicted molar refractivity (Wildman–Crippen MR) is 106 cm³/mol. The molecule has 0 aromatic heterocycles. The second kappa shape index (κ2) is 6.42. The Balaban J connectivity index is 1.95. The number of Topliss-reactive ketones (excluding diaryl/α,β-unsaturated/α-hetero) is 2. The van der Waals surface area contributed by atoms with E-state index in [4.69, 9.17) is 23.1 Å². The van der Waals surface area contributed by atoms with Gasteiger partial charge in [0.25, 0.3) is 5.91 Å². The molecule has 6 atom stereocenters. The highest BCUT2D eigenvalue weighted by Gasteiger charge is 2.66. The zero-order valence-corrected chi connectivity index (χ0v) is 17.1. The number of carbonyl (C=O) groups excluding carboxylic acids is 3. The third kappa shape index (κ3) is 2.53. The van der Waals surface area contributed by atoms with E-state index in [1.165, 1.54) is 13.0 Å². The van der Waals surface area contributed by atoms with Crippen molar-refractivity contribution in [2.24, 2.45) is 23.5 Å². The molecule has 1 aromatic rings. The number of halogens is 1. The third-order valence-corrected chi connectivity index (χ3v) is 7.38. The summed E-state index contributed by atoms with van der Waals surface area (Å²) >= 11 is 6.02. The van der Waals surface area contributed by atoms with E-state index in [2.05, 4.69) is 0 Å². The summed E-state index contributed by atoms with van der Waals surface area (Å²) in [6.45, 7) is 1.36. The van der Waals surface area contributed by atoms with Crippen LogP contribution in [0.4, 0.5) is 5.69 Å². The number of phenolic OH excluding ortho intramolecular Hbond substituents is 1. The number of anilines is 1. The molecule has 0 bridgehead atoms. The highest BCUT2D eigenvalue weighted by atomic mass is 35.5. The summed E-state index contributed by atoms with van der Waals surface area (Å²) in [6, 6.07) is 1.25. The summed E-state index contributed by atoms with van der Waals surface area (Å²) in [6.07, 6.45) is -2.63. The molecule has 1 aromatic carbocycles. The Labute approximate surface area is 180 Å². The number of nitrogens with two attached hydrogens (primary N) is 2. The lowest BCUT2D eigenvalue weighted by Crippen LogP contribution is -2.66. The molecule has 1 saturated carbocycles. The van der Waals surface area contributed by atoms with Gasteiger partial charge in [-0.15, -0.1) is 0 Å². The van der Waals surface area contributed by atoms with E-state index < -0.39 is 76.0 Å². The van der Waals surface area contributed by atoms with Crippen molar-refractivity contribution in [1.29, 1.82) is 0 Å². The monoisotopic (exact) mass is 452 g/mol. The van der Waals surface area contributed by atoms with Gasteiger partial charge in [-0.3, -0.25) is 14.4 Å². The summed E-state index contributed by atoms with van der Waals surface area (Å²) in [5, 5.41) is 54.6. The zero-order valence-electron chi connectivity index (χ0n) is 16.3. The van der Waals surface area contributed by atoms with Gasteiger partial charge in [0, 0.05) is 18.3 Å². The van der Waals surface area contributed by atoms with Crippen LogP contribution in [0.5, 0.6) is 5.75 Å². The standard InChI is InChI=1S/C20H21ClN2O8/c1-19(30)6-2-5-3-9(24)12(18(23)29)17(28)20(5,31)16(27)11(6)14(25)10-7(19)4-8(21)13(22)15(10)26/h4-6,11,16,26-28,30-31H,2-3,22H2,1H3,(H2,23,29)/t5?,6?,11?,16?,19-,20+/m1/s1. The van der Waals surface area contributed by atoms with E-state index in [1.54, 1.807) is 0 Å². The first kappa shape index (κ1) is 21.6. The fourth-order valence-electron chi connectivity index (χ4n) is 5.42. The molecule has 0 saturated heterocycles. The van der Waals surface area contributed by atoms with Crippen molar-refractivity contribution < 1.29 is 39.9 Å². The molecule has 0 radical (unpaired) electrons. The van der Waals surface area contributed by atoms with Crippen LogP contribution in [-0.4, -0.2) is 54.7 Å². The van der Waals surface area contributed by atoms with Gasteiger partial charge in [0.1, 0.15) is 17.4 Å². The first-order valence-electron chi connectivity index (χ1n) is 9.51. The van der Waals surface area contributed by atoms with E-state index >= 15 is 0 Å². The lowest BCUT2D eigenvalue weighted by Gasteiger charge is -2.56. The molecule has 1 amide bonds. The molecule has 3 aliphatic rings. The van der Waals surface area contributed by atoms with Crippen LogP contribution in [0.3, 0.4) is 0 Å². The predicted octanol–water partition coefficient (Wildman–Crippen LogP) is -0.354. The van der Waals surface area contributed by atoms with E-state index in [9.17, 15) is 39.9 Å². The molecule has 31 heavy (non-hydrogen) atoms. The van der Waals surface area contributed by atoms with Gasteiger partial charge >= 0.3 is 0 Å². The second-order valence-electron chi connectivity index (χ2n) is 8.61. The lowest BCUT2D eigenvalue weighted by molar-refractivity contribution is -0.195. The van der Waals surface area contributed by atoms with Crippen molar-refractivity contribution in [2.45, 2.75) is 37.1 Å². The van der Waals surface area contributed by atoms with Crippen molar-refractivity contribution >= 4 is 34.8 Å². The number of primary amides is 1. The maximum Gasteiger partial charge on any atom is 0.255 e. The average molecular weight is 453 g/mol. The molecule has 0 aliphatic heterocycles. The van der Waals surface area contributed by atoms with Gasteiger partial charge in [0.15, 0.2) is 22.9 Å². The first-order chi connectivity index (χ1) is 14.3. The van der Waals surface area contributed by atoms with Gasteiger partial charge < -0.3 is 37.0 Å². The molecule has 10 nitrogen and oxygen atoms in total. The third-order valence-electron chi connectivity index (χ3n) is 7.06. The second-order valence-corrected chi connectivity index (χ2v) is 9.01. The fourth-order valence-corrected chi connectivity index (χ4v) is 5.62. The minimum absolute atomic E-state index is 0.00665. The fraction of sp³-hybridized carbons (Fsp3) is 0.450. The van der Waals surface area contributed by atoms with Gasteiger partial charge in [-0.1, -0.05) is 11.6 Å². The summed E-state index contributed by atoms with van der Waals surface area (Å²) in [5.41, 5.74) is 5.01. The molecular weight excluding hydrogens is 432 g/mol. The molecule has 4 rings (SSSR count). The van der Waals surface area contributed by atoms with Gasteiger partial charge in [-0.05, 0) is 25.0 Å². The Kier molecular flexibility index (Phi) is 4.47. The van der Waals surface area contributed by atoms with Gasteiger partial charge in [0.05, 0.1) is 27.8 Å². The summed E-state index contributed by atoms with van der Waals surface area (Å²) in [5.74, 6) is -8.34. The van der Waals surface area contributed by atoms with Crippen LogP contribution >= 0.6 is 11.6 Å². The average Bonchev–Trinajstić information content (AvgIpc) is 2.66. The number of amides is 1. The molecule has 0 spiro atoms. The van der Waals surface area contributed by atoms with E-state index in [0.717, 1.165) is 0 Å². The number of fused-ring (bicyclic) bond motifs is 3. The normalized spacial score (nSPS) is 37.2. The number of benzene rings is 1. The minimum Gasteiger partial charge on any atom is -0.508 e.